The quantitative estimate of drug-likeness (QED) is 0.418. The summed E-state index contributed by atoms with van der Waals surface area (Å²) in [5.41, 5.74) is 0.634. The standard InChI is InChI=1S/C24H23F4NO5/c1-4-12-11-17-19(20(25)21(12)30)18(15(5-2)23(32)33)16(6-3)29(17)22(31)13-7-9-14(10-8-13)34-24(26,27)28/h7-11,15,30H,4-6H2,1-3H3,(H,32,33). The van der Waals surface area contributed by atoms with E-state index in [9.17, 15) is 33.0 Å². The van der Waals surface area contributed by atoms with Crippen LogP contribution in [0, 0.1) is 5.82 Å². The second-order valence-electron chi connectivity index (χ2n) is 7.67. The number of carboxylic acid groups (broad SMARTS) is 1. The van der Waals surface area contributed by atoms with E-state index in [1.165, 1.54) is 10.6 Å². The number of phenols is 1. The van der Waals surface area contributed by atoms with Gasteiger partial charge in [0.25, 0.3) is 5.91 Å². The average Bonchev–Trinajstić information content (AvgIpc) is 3.09. The van der Waals surface area contributed by atoms with Crippen LogP contribution in [-0.4, -0.2) is 33.0 Å². The van der Waals surface area contributed by atoms with Gasteiger partial charge in [-0.2, -0.15) is 0 Å². The summed E-state index contributed by atoms with van der Waals surface area (Å²) in [6.45, 7) is 4.97. The van der Waals surface area contributed by atoms with Gasteiger partial charge in [-0.3, -0.25) is 14.2 Å². The number of halogens is 4. The van der Waals surface area contributed by atoms with Crippen molar-refractivity contribution in [3.63, 3.8) is 0 Å². The average molecular weight is 481 g/mol. The molecule has 0 aliphatic rings. The first-order valence-electron chi connectivity index (χ1n) is 10.7. The maximum Gasteiger partial charge on any atom is 0.573 e. The predicted molar refractivity (Wildman–Crippen MR) is 116 cm³/mol. The molecule has 0 fully saturated rings. The fraction of sp³-hybridized carbons (Fsp3) is 0.333. The van der Waals surface area contributed by atoms with Crippen molar-refractivity contribution in [2.24, 2.45) is 0 Å². The van der Waals surface area contributed by atoms with Crippen molar-refractivity contribution in [1.82, 2.24) is 4.57 Å². The molecule has 3 aromatic rings. The number of nitrogens with zero attached hydrogens (tertiary/aromatic N) is 1. The Bertz CT molecular complexity index is 1250. The Balaban J connectivity index is 2.31. The van der Waals surface area contributed by atoms with E-state index in [1.54, 1.807) is 20.8 Å². The molecule has 1 atom stereocenters. The molecule has 1 heterocycles. The Kier molecular flexibility index (Phi) is 6.90. The van der Waals surface area contributed by atoms with Crippen molar-refractivity contribution in [3.05, 3.63) is 58.5 Å². The van der Waals surface area contributed by atoms with Crippen LogP contribution in [0.5, 0.6) is 11.5 Å². The number of phenolic OH excluding ortho intramolecular Hbond substituents is 1. The number of carbonyl (C=O) groups is 2. The van der Waals surface area contributed by atoms with Gasteiger partial charge in [0.1, 0.15) is 5.75 Å². The number of rotatable bonds is 7. The van der Waals surface area contributed by atoms with Gasteiger partial charge >= 0.3 is 12.3 Å². The fourth-order valence-electron chi connectivity index (χ4n) is 4.18. The van der Waals surface area contributed by atoms with Crippen molar-refractivity contribution < 1.29 is 42.1 Å². The van der Waals surface area contributed by atoms with E-state index in [-0.39, 0.29) is 52.5 Å². The molecule has 2 aromatic carbocycles. The lowest BCUT2D eigenvalue weighted by molar-refractivity contribution is -0.274. The van der Waals surface area contributed by atoms with Crippen LogP contribution in [0.3, 0.4) is 0 Å². The molecule has 0 saturated heterocycles. The van der Waals surface area contributed by atoms with Crippen LogP contribution in [-0.2, 0) is 17.6 Å². The Morgan fingerprint density at radius 1 is 1.09 bits per heavy atom. The summed E-state index contributed by atoms with van der Waals surface area (Å²) in [4.78, 5) is 25.5. The number of hydrogen-bond donors (Lipinski definition) is 2. The van der Waals surface area contributed by atoms with Gasteiger partial charge in [0.15, 0.2) is 11.6 Å². The number of fused-ring (bicyclic) bond motifs is 1. The molecule has 6 nitrogen and oxygen atoms in total. The monoisotopic (exact) mass is 481 g/mol. The fourth-order valence-corrected chi connectivity index (χ4v) is 4.18. The molecule has 0 aliphatic carbocycles. The zero-order valence-electron chi connectivity index (χ0n) is 18.7. The van der Waals surface area contributed by atoms with E-state index in [0.29, 0.717) is 0 Å². The normalized spacial score (nSPS) is 12.7. The zero-order chi connectivity index (χ0) is 25.4. The number of aromatic hydroxyl groups is 1. The van der Waals surface area contributed by atoms with Crippen LogP contribution in [0.15, 0.2) is 30.3 Å². The number of aromatic nitrogens is 1. The number of aliphatic carboxylic acids is 1. The molecular weight excluding hydrogens is 458 g/mol. The van der Waals surface area contributed by atoms with Gasteiger partial charge in [-0.1, -0.05) is 20.8 Å². The van der Waals surface area contributed by atoms with E-state index in [4.69, 9.17) is 0 Å². The highest BCUT2D eigenvalue weighted by Crippen LogP contribution is 2.41. The summed E-state index contributed by atoms with van der Waals surface area (Å²) in [6, 6.07) is 5.68. The van der Waals surface area contributed by atoms with E-state index in [1.807, 2.05) is 0 Å². The van der Waals surface area contributed by atoms with Gasteiger partial charge in [0.2, 0.25) is 0 Å². The number of aryl methyl sites for hydroxylation is 1. The number of hydrogen-bond acceptors (Lipinski definition) is 4. The third-order valence-corrected chi connectivity index (χ3v) is 5.70. The minimum Gasteiger partial charge on any atom is -0.505 e. The smallest absolute Gasteiger partial charge is 0.505 e. The topological polar surface area (TPSA) is 88.8 Å². The number of alkyl halides is 3. The summed E-state index contributed by atoms with van der Waals surface area (Å²) in [5.74, 6) is -5.18. The van der Waals surface area contributed by atoms with Gasteiger partial charge in [-0.05, 0) is 60.7 Å². The van der Waals surface area contributed by atoms with Gasteiger partial charge in [0, 0.05) is 16.6 Å². The van der Waals surface area contributed by atoms with Gasteiger partial charge in [-0.15, -0.1) is 13.2 Å². The summed E-state index contributed by atoms with van der Waals surface area (Å²) in [5, 5.41) is 20.0. The largest absolute Gasteiger partial charge is 0.573 e. The molecule has 0 spiro atoms. The van der Waals surface area contributed by atoms with Gasteiger partial charge in [-0.25, -0.2) is 4.39 Å². The maximum atomic E-state index is 15.4. The molecule has 0 radical (unpaired) electrons. The maximum absolute atomic E-state index is 15.4. The summed E-state index contributed by atoms with van der Waals surface area (Å²) >= 11 is 0. The summed E-state index contributed by atoms with van der Waals surface area (Å²) < 4.78 is 57.8. The lowest BCUT2D eigenvalue weighted by atomic mass is 9.92. The van der Waals surface area contributed by atoms with E-state index in [0.717, 1.165) is 24.3 Å². The first kappa shape index (κ1) is 25.1. The second kappa shape index (κ2) is 9.36. The lowest BCUT2D eigenvalue weighted by Crippen LogP contribution is -2.18. The van der Waals surface area contributed by atoms with Crippen molar-refractivity contribution in [2.75, 3.05) is 0 Å². The summed E-state index contributed by atoms with van der Waals surface area (Å²) in [6.07, 6.45) is -4.38. The van der Waals surface area contributed by atoms with Crippen LogP contribution >= 0.6 is 0 Å². The van der Waals surface area contributed by atoms with Crippen LogP contribution in [0.4, 0.5) is 17.6 Å². The molecule has 1 unspecified atom stereocenters. The van der Waals surface area contributed by atoms with Crippen molar-refractivity contribution >= 4 is 22.8 Å². The molecule has 2 N–H and O–H groups in total. The van der Waals surface area contributed by atoms with Crippen LogP contribution in [0.25, 0.3) is 10.9 Å². The first-order chi connectivity index (χ1) is 15.9. The molecule has 182 valence electrons. The Hall–Kier alpha value is -3.56. The molecule has 0 aliphatic heterocycles. The highest BCUT2D eigenvalue weighted by molar-refractivity contribution is 6.06. The highest BCUT2D eigenvalue weighted by atomic mass is 19.4. The van der Waals surface area contributed by atoms with E-state index < -0.39 is 41.5 Å². The van der Waals surface area contributed by atoms with Gasteiger partial charge < -0.3 is 14.9 Å². The highest BCUT2D eigenvalue weighted by Gasteiger charge is 2.33. The number of ether oxygens (including phenoxy) is 1. The molecule has 3 rings (SSSR count). The lowest BCUT2D eigenvalue weighted by Gasteiger charge is -2.14. The third kappa shape index (κ3) is 4.44. The van der Waals surface area contributed by atoms with E-state index >= 15 is 4.39 Å². The predicted octanol–water partition coefficient (Wildman–Crippen LogP) is 5.78. The van der Waals surface area contributed by atoms with Crippen molar-refractivity contribution in [1.29, 1.82) is 0 Å². The van der Waals surface area contributed by atoms with Crippen molar-refractivity contribution in [3.8, 4) is 11.5 Å². The van der Waals surface area contributed by atoms with Crippen LogP contribution < -0.4 is 4.74 Å². The number of carbonyl (C=O) groups excluding carboxylic acids is 1. The molecule has 0 bridgehead atoms. The third-order valence-electron chi connectivity index (χ3n) is 5.70. The number of carboxylic acids is 1. The first-order valence-corrected chi connectivity index (χ1v) is 10.7. The molecule has 1 aromatic heterocycles. The SMILES string of the molecule is CCc1cc2c(c(F)c1O)c(C(CC)C(=O)O)c(CC)n2C(=O)c1ccc(OC(F)(F)F)cc1. The Labute approximate surface area is 192 Å². The molecule has 10 heteroatoms. The Morgan fingerprint density at radius 3 is 2.18 bits per heavy atom. The number of benzene rings is 2. The Morgan fingerprint density at radius 2 is 1.71 bits per heavy atom. The zero-order valence-corrected chi connectivity index (χ0v) is 18.7. The minimum atomic E-state index is -4.89. The van der Waals surface area contributed by atoms with Crippen LogP contribution in [0.2, 0.25) is 0 Å². The second-order valence-corrected chi connectivity index (χ2v) is 7.67. The minimum absolute atomic E-state index is 0.0115. The van der Waals surface area contributed by atoms with Gasteiger partial charge in [0.05, 0.1) is 11.4 Å². The van der Waals surface area contributed by atoms with Crippen LogP contribution in [0.1, 0.15) is 60.3 Å². The van der Waals surface area contributed by atoms with Crippen molar-refractivity contribution in [2.45, 2.75) is 52.3 Å². The summed E-state index contributed by atoms with van der Waals surface area (Å²) in [7, 11) is 0. The molecule has 0 saturated carbocycles. The van der Waals surface area contributed by atoms with E-state index in [2.05, 4.69) is 4.74 Å². The molecule has 34 heavy (non-hydrogen) atoms. The molecular formula is C24H23F4NO5. The molecule has 0 amide bonds.